The van der Waals surface area contributed by atoms with Crippen LogP contribution in [0.5, 0.6) is 0 Å². The lowest BCUT2D eigenvalue weighted by Gasteiger charge is -2.39. The summed E-state index contributed by atoms with van der Waals surface area (Å²) in [6.45, 7) is 7.94. The Bertz CT molecular complexity index is 263. The van der Waals surface area contributed by atoms with Crippen molar-refractivity contribution in [3.8, 4) is 0 Å². The summed E-state index contributed by atoms with van der Waals surface area (Å²) in [5, 5.41) is 0. The molecule has 16 heavy (non-hydrogen) atoms. The van der Waals surface area contributed by atoms with Gasteiger partial charge in [-0.25, -0.2) is 0 Å². The van der Waals surface area contributed by atoms with Crippen molar-refractivity contribution in [3.63, 3.8) is 0 Å². The predicted molar refractivity (Wildman–Crippen MR) is 63.4 cm³/mol. The number of carbonyl (C=O) groups excluding carboxylic acids is 1. The van der Waals surface area contributed by atoms with Crippen LogP contribution in [0.2, 0.25) is 0 Å². The van der Waals surface area contributed by atoms with Crippen LogP contribution >= 0.6 is 0 Å². The topological polar surface area (TPSA) is 29.5 Å². The summed E-state index contributed by atoms with van der Waals surface area (Å²) < 4.78 is 5.68. The zero-order valence-electron chi connectivity index (χ0n) is 10.5. The van der Waals surface area contributed by atoms with Crippen LogP contribution < -0.4 is 0 Å². The number of hydrogen-bond acceptors (Lipinski definition) is 3. The predicted octanol–water partition coefficient (Wildman–Crippen LogP) is 1.86. The zero-order chi connectivity index (χ0) is 11.6. The third kappa shape index (κ3) is 3.05. The van der Waals surface area contributed by atoms with Crippen LogP contribution in [0.15, 0.2) is 0 Å². The Morgan fingerprint density at radius 2 is 2.25 bits per heavy atom. The molecular weight excluding hydrogens is 202 g/mol. The van der Waals surface area contributed by atoms with Crippen LogP contribution in [0, 0.1) is 5.92 Å². The second-order valence-corrected chi connectivity index (χ2v) is 5.75. The summed E-state index contributed by atoms with van der Waals surface area (Å²) in [6, 6.07) is 0. The van der Waals surface area contributed by atoms with Gasteiger partial charge in [0.05, 0.1) is 12.2 Å². The Balaban J connectivity index is 1.86. The molecular formula is C13H23NO2. The number of rotatable bonds is 2. The largest absolute Gasteiger partial charge is 0.373 e. The maximum absolute atomic E-state index is 11.8. The van der Waals surface area contributed by atoms with Gasteiger partial charge in [-0.1, -0.05) is 6.42 Å². The molecule has 0 radical (unpaired) electrons. The highest BCUT2D eigenvalue weighted by Gasteiger charge is 2.30. The number of Topliss-reactive ketones (excluding diaryl/α,β-unsaturated/α-hetero) is 1. The molecule has 0 N–H and O–H groups in total. The van der Waals surface area contributed by atoms with Crippen LogP contribution in [-0.2, 0) is 9.53 Å². The normalized spacial score (nSPS) is 31.6. The van der Waals surface area contributed by atoms with Crippen LogP contribution in [0.25, 0.3) is 0 Å². The first kappa shape index (κ1) is 12.1. The van der Waals surface area contributed by atoms with Gasteiger partial charge < -0.3 is 4.74 Å². The fraction of sp³-hybridized carbons (Fsp3) is 0.923. The molecule has 3 nitrogen and oxygen atoms in total. The Hall–Kier alpha value is -0.410. The Labute approximate surface area is 98.1 Å². The molecule has 3 heteroatoms. The van der Waals surface area contributed by atoms with E-state index in [-0.39, 0.29) is 5.60 Å². The maximum atomic E-state index is 11.8. The van der Waals surface area contributed by atoms with Gasteiger partial charge in [-0.3, -0.25) is 9.69 Å². The molecule has 2 rings (SSSR count). The first-order valence-electron chi connectivity index (χ1n) is 6.46. The van der Waals surface area contributed by atoms with E-state index < -0.39 is 0 Å². The molecule has 0 amide bonds. The van der Waals surface area contributed by atoms with Crippen LogP contribution in [0.4, 0.5) is 0 Å². The van der Waals surface area contributed by atoms with Gasteiger partial charge in [-0.15, -0.1) is 0 Å². The maximum Gasteiger partial charge on any atom is 0.137 e. The van der Waals surface area contributed by atoms with Crippen molar-refractivity contribution in [2.75, 3.05) is 26.2 Å². The van der Waals surface area contributed by atoms with Crippen LogP contribution in [-0.4, -0.2) is 42.5 Å². The first-order chi connectivity index (χ1) is 7.57. The van der Waals surface area contributed by atoms with E-state index in [9.17, 15) is 4.79 Å². The van der Waals surface area contributed by atoms with E-state index in [2.05, 4.69) is 18.7 Å². The fourth-order valence-corrected chi connectivity index (χ4v) is 2.83. The molecule has 1 aliphatic carbocycles. The SMILES string of the molecule is CC1(C)CN(CC2CCCCC2=O)CCO1. The fourth-order valence-electron chi connectivity index (χ4n) is 2.83. The lowest BCUT2D eigenvalue weighted by molar-refractivity contribution is -0.128. The molecule has 0 aromatic carbocycles. The first-order valence-corrected chi connectivity index (χ1v) is 6.46. The summed E-state index contributed by atoms with van der Waals surface area (Å²) >= 11 is 0. The Morgan fingerprint density at radius 1 is 1.44 bits per heavy atom. The average Bonchev–Trinajstić information content (AvgIpc) is 2.20. The van der Waals surface area contributed by atoms with Crippen molar-refractivity contribution >= 4 is 5.78 Å². The second-order valence-electron chi connectivity index (χ2n) is 5.75. The summed E-state index contributed by atoms with van der Waals surface area (Å²) in [5.41, 5.74) is -0.0457. The monoisotopic (exact) mass is 225 g/mol. The molecule has 1 unspecified atom stereocenters. The molecule has 92 valence electrons. The van der Waals surface area contributed by atoms with Crippen molar-refractivity contribution in [3.05, 3.63) is 0 Å². The molecule has 1 heterocycles. The van der Waals surface area contributed by atoms with E-state index in [1.54, 1.807) is 0 Å². The van der Waals surface area contributed by atoms with E-state index in [0.717, 1.165) is 45.5 Å². The van der Waals surface area contributed by atoms with Crippen molar-refractivity contribution in [2.45, 2.75) is 45.1 Å². The highest BCUT2D eigenvalue weighted by atomic mass is 16.5. The van der Waals surface area contributed by atoms with E-state index >= 15 is 0 Å². The third-order valence-electron chi connectivity index (χ3n) is 3.66. The number of carbonyl (C=O) groups is 1. The van der Waals surface area contributed by atoms with E-state index in [0.29, 0.717) is 11.7 Å². The van der Waals surface area contributed by atoms with Crippen molar-refractivity contribution in [1.29, 1.82) is 0 Å². The van der Waals surface area contributed by atoms with Crippen molar-refractivity contribution < 1.29 is 9.53 Å². The summed E-state index contributed by atoms with van der Waals surface area (Å²) in [7, 11) is 0. The smallest absolute Gasteiger partial charge is 0.137 e. The quantitative estimate of drug-likeness (QED) is 0.718. The molecule has 0 bridgehead atoms. The molecule has 1 saturated carbocycles. The third-order valence-corrected chi connectivity index (χ3v) is 3.66. The number of morpholine rings is 1. The van der Waals surface area contributed by atoms with Crippen LogP contribution in [0.1, 0.15) is 39.5 Å². The van der Waals surface area contributed by atoms with Crippen LogP contribution in [0.3, 0.4) is 0 Å². The van der Waals surface area contributed by atoms with Gasteiger partial charge >= 0.3 is 0 Å². The molecule has 2 aliphatic rings. The number of ether oxygens (including phenoxy) is 1. The minimum absolute atomic E-state index is 0.0457. The molecule has 1 saturated heterocycles. The summed E-state index contributed by atoms with van der Waals surface area (Å²) in [5.74, 6) is 0.776. The van der Waals surface area contributed by atoms with Crippen molar-refractivity contribution in [2.24, 2.45) is 5.92 Å². The molecule has 0 spiro atoms. The minimum Gasteiger partial charge on any atom is -0.373 e. The Kier molecular flexibility index (Phi) is 3.65. The van der Waals surface area contributed by atoms with Gasteiger partial charge in [0.1, 0.15) is 5.78 Å². The zero-order valence-corrected chi connectivity index (χ0v) is 10.5. The highest BCUT2D eigenvalue weighted by Crippen LogP contribution is 2.24. The van der Waals surface area contributed by atoms with E-state index in [1.807, 2.05) is 0 Å². The van der Waals surface area contributed by atoms with Gasteiger partial charge in [0.25, 0.3) is 0 Å². The average molecular weight is 225 g/mol. The highest BCUT2D eigenvalue weighted by molar-refractivity contribution is 5.81. The number of nitrogens with zero attached hydrogens (tertiary/aromatic N) is 1. The minimum atomic E-state index is -0.0457. The van der Waals surface area contributed by atoms with Gasteiger partial charge in [0.15, 0.2) is 0 Å². The summed E-state index contributed by atoms with van der Waals surface area (Å²) in [4.78, 5) is 14.2. The van der Waals surface area contributed by atoms with Gasteiger partial charge in [0, 0.05) is 32.0 Å². The number of hydrogen-bond donors (Lipinski definition) is 0. The molecule has 2 fully saturated rings. The molecule has 1 atom stereocenters. The molecule has 1 aliphatic heterocycles. The van der Waals surface area contributed by atoms with Gasteiger partial charge in [0.2, 0.25) is 0 Å². The summed E-state index contributed by atoms with van der Waals surface area (Å²) in [6.07, 6.45) is 4.23. The van der Waals surface area contributed by atoms with E-state index in [4.69, 9.17) is 4.74 Å². The van der Waals surface area contributed by atoms with E-state index in [1.165, 1.54) is 6.42 Å². The number of ketones is 1. The Morgan fingerprint density at radius 3 is 2.94 bits per heavy atom. The lowest BCUT2D eigenvalue weighted by Crippen LogP contribution is -2.50. The standard InChI is InChI=1S/C13H23NO2/c1-13(2)10-14(7-8-16-13)9-11-5-3-4-6-12(11)15/h11H,3-10H2,1-2H3. The molecule has 0 aromatic rings. The van der Waals surface area contributed by atoms with Gasteiger partial charge in [-0.2, -0.15) is 0 Å². The lowest BCUT2D eigenvalue weighted by atomic mass is 9.87. The van der Waals surface area contributed by atoms with Gasteiger partial charge in [-0.05, 0) is 26.7 Å². The van der Waals surface area contributed by atoms with Crippen molar-refractivity contribution in [1.82, 2.24) is 4.90 Å². The second kappa shape index (κ2) is 4.84. The molecule has 0 aromatic heterocycles.